The van der Waals surface area contributed by atoms with Crippen molar-refractivity contribution in [1.29, 1.82) is 0 Å². The van der Waals surface area contributed by atoms with E-state index in [1.165, 1.54) is 6.33 Å². The summed E-state index contributed by atoms with van der Waals surface area (Å²) in [5, 5.41) is 12.9. The first-order chi connectivity index (χ1) is 10.1. The molecule has 0 aliphatic rings. The van der Waals surface area contributed by atoms with Gasteiger partial charge in [-0.1, -0.05) is 12.1 Å². The van der Waals surface area contributed by atoms with E-state index in [0.29, 0.717) is 22.8 Å². The lowest BCUT2D eigenvalue weighted by molar-refractivity contribution is -0.136. The molecule has 0 aliphatic carbocycles. The first-order valence-electron chi connectivity index (χ1n) is 6.41. The average molecular weight is 283 g/mol. The van der Waals surface area contributed by atoms with Gasteiger partial charge in [-0.05, 0) is 36.2 Å². The van der Waals surface area contributed by atoms with E-state index in [4.69, 9.17) is 9.84 Å². The van der Waals surface area contributed by atoms with E-state index in [1.54, 1.807) is 28.8 Å². The number of hydrogen-bond donors (Lipinski definition) is 1. The number of carbonyl (C=O) groups is 1. The van der Waals surface area contributed by atoms with Gasteiger partial charge in [-0.3, -0.25) is 4.79 Å². The molecule has 2 heterocycles. The van der Waals surface area contributed by atoms with Crippen LogP contribution in [0.2, 0.25) is 0 Å². The number of carboxylic acids is 1. The second-order valence-electron chi connectivity index (χ2n) is 4.72. The third-order valence-electron chi connectivity index (χ3n) is 2.97. The van der Waals surface area contributed by atoms with Gasteiger partial charge in [0.2, 0.25) is 5.88 Å². The molecule has 0 amide bonds. The lowest BCUT2D eigenvalue weighted by atomic mass is 10.1. The first kappa shape index (κ1) is 13.1. The molecule has 0 spiro atoms. The molecule has 0 fully saturated rings. The van der Waals surface area contributed by atoms with Crippen LogP contribution < -0.4 is 4.74 Å². The number of rotatable bonds is 4. The normalized spacial score (nSPS) is 10.7. The SMILES string of the molecule is Cc1cc(Oc2cccc(CC(=O)O)c2)n2ncnc2c1. The monoisotopic (exact) mass is 283 g/mol. The van der Waals surface area contributed by atoms with Crippen LogP contribution in [0.5, 0.6) is 11.6 Å². The van der Waals surface area contributed by atoms with E-state index < -0.39 is 5.97 Å². The van der Waals surface area contributed by atoms with Crippen molar-refractivity contribution < 1.29 is 14.6 Å². The van der Waals surface area contributed by atoms with E-state index in [-0.39, 0.29) is 6.42 Å². The smallest absolute Gasteiger partial charge is 0.307 e. The Kier molecular flexibility index (Phi) is 3.27. The molecule has 0 atom stereocenters. The van der Waals surface area contributed by atoms with Crippen molar-refractivity contribution in [3.8, 4) is 11.6 Å². The van der Waals surface area contributed by atoms with Crippen LogP contribution in [0.3, 0.4) is 0 Å². The van der Waals surface area contributed by atoms with Gasteiger partial charge in [0.15, 0.2) is 5.65 Å². The van der Waals surface area contributed by atoms with Crippen molar-refractivity contribution >= 4 is 11.6 Å². The minimum Gasteiger partial charge on any atom is -0.481 e. The second kappa shape index (κ2) is 5.24. The summed E-state index contributed by atoms with van der Waals surface area (Å²) in [6.07, 6.45) is 1.42. The Morgan fingerprint density at radius 2 is 2.19 bits per heavy atom. The third-order valence-corrected chi connectivity index (χ3v) is 2.97. The van der Waals surface area contributed by atoms with E-state index in [0.717, 1.165) is 5.56 Å². The van der Waals surface area contributed by atoms with Crippen LogP contribution in [0.15, 0.2) is 42.7 Å². The summed E-state index contributed by atoms with van der Waals surface area (Å²) in [7, 11) is 0. The summed E-state index contributed by atoms with van der Waals surface area (Å²) in [5.41, 5.74) is 2.39. The third kappa shape index (κ3) is 2.84. The molecule has 106 valence electrons. The molecule has 3 rings (SSSR count). The molecule has 0 saturated heterocycles. The van der Waals surface area contributed by atoms with E-state index in [1.807, 2.05) is 19.1 Å². The maximum Gasteiger partial charge on any atom is 0.307 e. The quantitative estimate of drug-likeness (QED) is 0.796. The zero-order valence-corrected chi connectivity index (χ0v) is 11.4. The molecule has 6 heteroatoms. The molecular weight excluding hydrogens is 270 g/mol. The summed E-state index contributed by atoms with van der Waals surface area (Å²) in [4.78, 5) is 14.9. The van der Waals surface area contributed by atoms with Crippen LogP contribution in [0.4, 0.5) is 0 Å². The number of hydrogen-bond acceptors (Lipinski definition) is 4. The van der Waals surface area contributed by atoms with Gasteiger partial charge in [0.1, 0.15) is 12.1 Å². The maximum absolute atomic E-state index is 10.8. The summed E-state index contributed by atoms with van der Waals surface area (Å²) in [6, 6.07) is 10.8. The fraction of sp³-hybridized carbons (Fsp3) is 0.133. The fourth-order valence-electron chi connectivity index (χ4n) is 2.11. The van der Waals surface area contributed by atoms with Crippen LogP contribution in [0, 0.1) is 6.92 Å². The van der Waals surface area contributed by atoms with Crippen molar-refractivity contribution in [3.05, 3.63) is 53.9 Å². The van der Waals surface area contributed by atoms with Gasteiger partial charge in [-0.2, -0.15) is 9.61 Å². The fourth-order valence-corrected chi connectivity index (χ4v) is 2.11. The minimum absolute atomic E-state index is 0.0379. The van der Waals surface area contributed by atoms with Gasteiger partial charge in [-0.25, -0.2) is 4.98 Å². The number of aromatic nitrogens is 3. The molecule has 2 aromatic heterocycles. The Bertz CT molecular complexity index is 811. The predicted molar refractivity (Wildman–Crippen MR) is 75.6 cm³/mol. The van der Waals surface area contributed by atoms with E-state index in [9.17, 15) is 4.79 Å². The Morgan fingerprint density at radius 3 is 3.00 bits per heavy atom. The number of fused-ring (bicyclic) bond motifs is 1. The Labute approximate surface area is 120 Å². The maximum atomic E-state index is 10.8. The van der Waals surface area contributed by atoms with E-state index in [2.05, 4.69) is 10.1 Å². The highest BCUT2D eigenvalue weighted by atomic mass is 16.5. The highest BCUT2D eigenvalue weighted by molar-refractivity contribution is 5.70. The lowest BCUT2D eigenvalue weighted by Crippen LogP contribution is -2.00. The predicted octanol–water partition coefficient (Wildman–Crippen LogP) is 2.46. The summed E-state index contributed by atoms with van der Waals surface area (Å²) >= 11 is 0. The minimum atomic E-state index is -0.874. The number of benzene rings is 1. The molecule has 0 radical (unpaired) electrons. The Morgan fingerprint density at radius 1 is 1.33 bits per heavy atom. The van der Waals surface area contributed by atoms with Gasteiger partial charge in [0, 0.05) is 6.07 Å². The van der Waals surface area contributed by atoms with Crippen molar-refractivity contribution in [1.82, 2.24) is 14.6 Å². The topological polar surface area (TPSA) is 76.7 Å². The zero-order valence-electron chi connectivity index (χ0n) is 11.4. The lowest BCUT2D eigenvalue weighted by Gasteiger charge is -2.09. The van der Waals surface area contributed by atoms with Gasteiger partial charge in [0.05, 0.1) is 6.42 Å². The number of aryl methyl sites for hydroxylation is 1. The van der Waals surface area contributed by atoms with Crippen molar-refractivity contribution in [2.45, 2.75) is 13.3 Å². The molecule has 0 saturated carbocycles. The van der Waals surface area contributed by atoms with Crippen molar-refractivity contribution in [3.63, 3.8) is 0 Å². The zero-order chi connectivity index (χ0) is 14.8. The van der Waals surface area contributed by atoms with Crippen molar-refractivity contribution in [2.24, 2.45) is 0 Å². The summed E-state index contributed by atoms with van der Waals surface area (Å²) < 4.78 is 7.41. The van der Waals surface area contributed by atoms with Gasteiger partial charge in [-0.15, -0.1) is 0 Å². The molecule has 0 bridgehead atoms. The molecule has 0 aliphatic heterocycles. The Hall–Kier alpha value is -2.89. The number of pyridine rings is 1. The molecule has 0 unspecified atom stereocenters. The number of nitrogens with zero attached hydrogens (tertiary/aromatic N) is 3. The van der Waals surface area contributed by atoms with Gasteiger partial charge in [0.25, 0.3) is 0 Å². The molecular formula is C15H13N3O3. The van der Waals surface area contributed by atoms with Crippen LogP contribution in [0.1, 0.15) is 11.1 Å². The number of carboxylic acid groups (broad SMARTS) is 1. The van der Waals surface area contributed by atoms with E-state index >= 15 is 0 Å². The number of aliphatic carboxylic acids is 1. The van der Waals surface area contributed by atoms with Crippen LogP contribution in [0.25, 0.3) is 5.65 Å². The first-order valence-corrected chi connectivity index (χ1v) is 6.41. The second-order valence-corrected chi connectivity index (χ2v) is 4.72. The molecule has 21 heavy (non-hydrogen) atoms. The average Bonchev–Trinajstić information content (AvgIpc) is 2.86. The largest absolute Gasteiger partial charge is 0.481 e. The summed E-state index contributed by atoms with van der Waals surface area (Å²) in [6.45, 7) is 1.95. The highest BCUT2D eigenvalue weighted by Gasteiger charge is 2.08. The standard InChI is InChI=1S/C15H13N3O3/c1-10-5-13-16-9-17-18(13)14(6-10)21-12-4-2-3-11(7-12)8-15(19)20/h2-7,9H,8H2,1H3,(H,19,20). The molecule has 3 aromatic rings. The van der Waals surface area contributed by atoms with Gasteiger partial charge < -0.3 is 9.84 Å². The van der Waals surface area contributed by atoms with Crippen LogP contribution in [-0.4, -0.2) is 25.7 Å². The van der Waals surface area contributed by atoms with Crippen LogP contribution >= 0.6 is 0 Å². The van der Waals surface area contributed by atoms with Crippen LogP contribution in [-0.2, 0) is 11.2 Å². The van der Waals surface area contributed by atoms with Crippen molar-refractivity contribution in [2.75, 3.05) is 0 Å². The Balaban J connectivity index is 1.95. The number of ether oxygens (including phenoxy) is 1. The molecule has 1 aromatic carbocycles. The highest BCUT2D eigenvalue weighted by Crippen LogP contribution is 2.24. The summed E-state index contributed by atoms with van der Waals surface area (Å²) in [5.74, 6) is 0.229. The van der Waals surface area contributed by atoms with Gasteiger partial charge >= 0.3 is 5.97 Å². The molecule has 6 nitrogen and oxygen atoms in total. The molecule has 1 N–H and O–H groups in total.